The molecule has 0 aliphatic heterocycles. The summed E-state index contributed by atoms with van der Waals surface area (Å²) in [4.78, 5) is 33.9. The molecule has 0 spiro atoms. The van der Waals surface area contributed by atoms with Crippen LogP contribution < -0.4 is 20.7 Å². The Hall–Kier alpha value is -2.77. The zero-order valence-electron chi connectivity index (χ0n) is 16.7. The van der Waals surface area contributed by atoms with Crippen molar-refractivity contribution in [1.29, 1.82) is 0 Å². The summed E-state index contributed by atoms with van der Waals surface area (Å²) in [5.74, 6) is 0.363. The highest BCUT2D eigenvalue weighted by Crippen LogP contribution is 2.17. The predicted octanol–water partition coefficient (Wildman–Crippen LogP) is 2.84. The number of rotatable bonds is 13. The number of amides is 3. The largest absolute Gasteiger partial charge is 0.493 e. The van der Waals surface area contributed by atoms with E-state index in [2.05, 4.69) is 16.0 Å². The summed E-state index contributed by atoms with van der Waals surface area (Å²) in [5, 5.41) is 8.25. The van der Waals surface area contributed by atoms with Crippen molar-refractivity contribution in [2.24, 2.45) is 0 Å². The molecule has 3 amide bonds. The van der Waals surface area contributed by atoms with Crippen molar-refractivity contribution < 1.29 is 23.9 Å². The van der Waals surface area contributed by atoms with Gasteiger partial charge in [0.25, 0.3) is 0 Å². The average molecular weight is 393 g/mol. The van der Waals surface area contributed by atoms with Crippen molar-refractivity contribution in [3.8, 4) is 5.75 Å². The summed E-state index contributed by atoms with van der Waals surface area (Å²) in [7, 11) is 0. The summed E-state index contributed by atoms with van der Waals surface area (Å²) < 4.78 is 10.5. The topological polar surface area (TPSA) is 106 Å². The van der Waals surface area contributed by atoms with Gasteiger partial charge in [0.2, 0.25) is 5.91 Å². The van der Waals surface area contributed by atoms with E-state index in [1.54, 1.807) is 25.1 Å². The second-order valence-corrected chi connectivity index (χ2v) is 6.21. The average Bonchev–Trinajstić information content (AvgIpc) is 2.64. The third-order valence-corrected chi connectivity index (χ3v) is 3.68. The SMILES string of the molecule is CCOC(=O)CCCCCNC(=O)NCCCOc1cccc(NC(C)=O)c1. The van der Waals surface area contributed by atoms with E-state index in [1.807, 2.05) is 6.07 Å². The molecular formula is C20H31N3O5. The summed E-state index contributed by atoms with van der Waals surface area (Å²) in [5.41, 5.74) is 0.685. The van der Waals surface area contributed by atoms with E-state index in [9.17, 15) is 14.4 Å². The highest BCUT2D eigenvalue weighted by molar-refractivity contribution is 5.88. The number of benzene rings is 1. The number of anilines is 1. The standard InChI is InChI=1S/C20H31N3O5/c1-3-27-19(25)11-5-4-6-12-21-20(26)22-13-8-14-28-18-10-7-9-17(15-18)23-16(2)24/h7,9-10,15H,3-6,8,11-14H2,1-2H3,(H,23,24)(H2,21,22,26). The highest BCUT2D eigenvalue weighted by Gasteiger charge is 2.03. The van der Waals surface area contributed by atoms with Crippen LogP contribution in [0.5, 0.6) is 5.75 Å². The van der Waals surface area contributed by atoms with Crippen LogP contribution in [0.25, 0.3) is 0 Å². The molecule has 8 heteroatoms. The summed E-state index contributed by atoms with van der Waals surface area (Å²) >= 11 is 0. The first-order valence-electron chi connectivity index (χ1n) is 9.69. The number of ether oxygens (including phenoxy) is 2. The molecule has 0 heterocycles. The lowest BCUT2D eigenvalue weighted by Gasteiger charge is -2.10. The Bertz CT molecular complexity index is 622. The van der Waals surface area contributed by atoms with E-state index in [1.165, 1.54) is 6.92 Å². The van der Waals surface area contributed by atoms with Crippen LogP contribution in [-0.4, -0.2) is 44.2 Å². The Morgan fingerprint density at radius 2 is 1.75 bits per heavy atom. The molecule has 0 atom stereocenters. The Morgan fingerprint density at radius 3 is 2.46 bits per heavy atom. The van der Waals surface area contributed by atoms with Gasteiger partial charge in [-0.15, -0.1) is 0 Å². The quantitative estimate of drug-likeness (QED) is 0.353. The van der Waals surface area contributed by atoms with Crippen molar-refractivity contribution in [2.75, 3.05) is 31.6 Å². The molecule has 3 N–H and O–H groups in total. The first-order valence-corrected chi connectivity index (χ1v) is 9.69. The van der Waals surface area contributed by atoms with Gasteiger partial charge in [0.15, 0.2) is 0 Å². The number of carbonyl (C=O) groups excluding carboxylic acids is 3. The van der Waals surface area contributed by atoms with Crippen LogP contribution in [0.4, 0.5) is 10.5 Å². The van der Waals surface area contributed by atoms with E-state index in [0.717, 1.165) is 19.3 Å². The minimum atomic E-state index is -0.210. The van der Waals surface area contributed by atoms with Gasteiger partial charge in [-0.05, 0) is 38.3 Å². The van der Waals surface area contributed by atoms with Crippen LogP contribution in [0.2, 0.25) is 0 Å². The van der Waals surface area contributed by atoms with E-state index in [0.29, 0.717) is 50.6 Å². The Morgan fingerprint density at radius 1 is 1.00 bits per heavy atom. The molecule has 8 nitrogen and oxygen atoms in total. The van der Waals surface area contributed by atoms with Gasteiger partial charge in [-0.3, -0.25) is 9.59 Å². The lowest BCUT2D eigenvalue weighted by Crippen LogP contribution is -2.36. The molecule has 0 aliphatic carbocycles. The monoisotopic (exact) mass is 393 g/mol. The zero-order chi connectivity index (χ0) is 20.6. The van der Waals surface area contributed by atoms with Crippen LogP contribution in [0.3, 0.4) is 0 Å². The number of esters is 1. The fraction of sp³-hybridized carbons (Fsp3) is 0.550. The fourth-order valence-corrected chi connectivity index (χ4v) is 2.40. The predicted molar refractivity (Wildman–Crippen MR) is 107 cm³/mol. The van der Waals surface area contributed by atoms with Crippen molar-refractivity contribution in [1.82, 2.24) is 10.6 Å². The Balaban J connectivity index is 2.02. The minimum absolute atomic E-state index is 0.133. The lowest BCUT2D eigenvalue weighted by atomic mass is 10.2. The third-order valence-electron chi connectivity index (χ3n) is 3.68. The number of urea groups is 1. The maximum Gasteiger partial charge on any atom is 0.314 e. The molecule has 1 aromatic carbocycles. The Kier molecular flexibility index (Phi) is 11.9. The summed E-state index contributed by atoms with van der Waals surface area (Å²) in [6.45, 7) is 5.18. The highest BCUT2D eigenvalue weighted by atomic mass is 16.5. The molecule has 0 saturated heterocycles. The number of hydrogen-bond acceptors (Lipinski definition) is 5. The minimum Gasteiger partial charge on any atom is -0.493 e. The van der Waals surface area contributed by atoms with Crippen molar-refractivity contribution in [3.63, 3.8) is 0 Å². The normalized spacial score (nSPS) is 10.1. The van der Waals surface area contributed by atoms with Gasteiger partial charge in [0.05, 0.1) is 13.2 Å². The molecule has 0 aliphatic rings. The van der Waals surface area contributed by atoms with E-state index >= 15 is 0 Å². The number of carbonyl (C=O) groups is 3. The first-order chi connectivity index (χ1) is 13.5. The molecule has 0 radical (unpaired) electrons. The van der Waals surface area contributed by atoms with Crippen molar-refractivity contribution in [2.45, 2.75) is 46.0 Å². The van der Waals surface area contributed by atoms with Crippen molar-refractivity contribution >= 4 is 23.6 Å². The van der Waals surface area contributed by atoms with Gasteiger partial charge < -0.3 is 25.4 Å². The maximum absolute atomic E-state index is 11.7. The number of unbranched alkanes of at least 4 members (excludes halogenated alkanes) is 2. The summed E-state index contributed by atoms with van der Waals surface area (Å²) in [6, 6.07) is 6.95. The van der Waals surface area contributed by atoms with Crippen LogP contribution >= 0.6 is 0 Å². The van der Waals surface area contributed by atoms with Gasteiger partial charge >= 0.3 is 12.0 Å². The Labute approximate surface area is 166 Å². The van der Waals surface area contributed by atoms with E-state index in [-0.39, 0.29) is 17.9 Å². The van der Waals surface area contributed by atoms with Crippen LogP contribution in [0, 0.1) is 0 Å². The number of hydrogen-bond donors (Lipinski definition) is 3. The molecule has 0 unspecified atom stereocenters. The van der Waals surface area contributed by atoms with Crippen LogP contribution in [-0.2, 0) is 14.3 Å². The van der Waals surface area contributed by atoms with E-state index in [4.69, 9.17) is 9.47 Å². The van der Waals surface area contributed by atoms with Gasteiger partial charge in [-0.2, -0.15) is 0 Å². The van der Waals surface area contributed by atoms with Gasteiger partial charge in [0, 0.05) is 38.2 Å². The second-order valence-electron chi connectivity index (χ2n) is 6.21. The molecule has 0 aromatic heterocycles. The molecular weight excluding hydrogens is 362 g/mol. The fourth-order valence-electron chi connectivity index (χ4n) is 2.40. The lowest BCUT2D eigenvalue weighted by molar-refractivity contribution is -0.143. The molecule has 156 valence electrons. The zero-order valence-corrected chi connectivity index (χ0v) is 16.7. The van der Waals surface area contributed by atoms with Crippen molar-refractivity contribution in [3.05, 3.63) is 24.3 Å². The molecule has 0 saturated carbocycles. The summed E-state index contributed by atoms with van der Waals surface area (Å²) in [6.07, 6.45) is 3.54. The first kappa shape index (κ1) is 23.3. The second kappa shape index (κ2) is 14.3. The molecule has 1 aromatic rings. The van der Waals surface area contributed by atoms with Crippen LogP contribution in [0.1, 0.15) is 46.0 Å². The van der Waals surface area contributed by atoms with Crippen LogP contribution in [0.15, 0.2) is 24.3 Å². The smallest absolute Gasteiger partial charge is 0.314 e. The van der Waals surface area contributed by atoms with Gasteiger partial charge in [-0.1, -0.05) is 12.5 Å². The number of nitrogens with one attached hydrogen (secondary N) is 3. The molecule has 28 heavy (non-hydrogen) atoms. The molecule has 0 bridgehead atoms. The third kappa shape index (κ3) is 11.8. The molecule has 1 rings (SSSR count). The van der Waals surface area contributed by atoms with E-state index < -0.39 is 0 Å². The maximum atomic E-state index is 11.7. The van der Waals surface area contributed by atoms with Gasteiger partial charge in [0.1, 0.15) is 5.75 Å². The molecule has 0 fully saturated rings. The van der Waals surface area contributed by atoms with Gasteiger partial charge in [-0.25, -0.2) is 4.79 Å².